The van der Waals surface area contributed by atoms with Crippen molar-refractivity contribution < 1.29 is 14.3 Å². The van der Waals surface area contributed by atoms with E-state index in [1.165, 1.54) is 0 Å². The number of ether oxygens (including phenoxy) is 1. The van der Waals surface area contributed by atoms with Crippen molar-refractivity contribution in [2.75, 3.05) is 45.2 Å². The summed E-state index contributed by atoms with van der Waals surface area (Å²) in [5.41, 5.74) is 1.27. The molecule has 1 atom stereocenters. The average Bonchev–Trinajstić information content (AvgIpc) is 2.79. The van der Waals surface area contributed by atoms with Gasteiger partial charge in [-0.15, -0.1) is 0 Å². The van der Waals surface area contributed by atoms with Crippen molar-refractivity contribution in [3.8, 4) is 5.75 Å². The minimum atomic E-state index is -0.160. The molecular weight excluding hydrogens is 390 g/mol. The summed E-state index contributed by atoms with van der Waals surface area (Å²) in [6.45, 7) is 6.27. The van der Waals surface area contributed by atoms with Crippen molar-refractivity contribution in [3.63, 3.8) is 0 Å². The van der Waals surface area contributed by atoms with Crippen LogP contribution in [0.4, 0.5) is 5.69 Å². The summed E-state index contributed by atoms with van der Waals surface area (Å²) >= 11 is 0. The molecule has 6 heteroatoms. The first-order valence-corrected chi connectivity index (χ1v) is 11.1. The summed E-state index contributed by atoms with van der Waals surface area (Å²) in [5, 5.41) is 2.93. The van der Waals surface area contributed by atoms with Gasteiger partial charge in [0.25, 0.3) is 5.91 Å². The van der Waals surface area contributed by atoms with Gasteiger partial charge in [-0.2, -0.15) is 0 Å². The zero-order chi connectivity index (χ0) is 22.1. The number of nitrogens with zero attached hydrogens (tertiary/aromatic N) is 2. The largest absolute Gasteiger partial charge is 0.491 e. The number of rotatable bonds is 9. The van der Waals surface area contributed by atoms with E-state index in [1.807, 2.05) is 47.4 Å². The van der Waals surface area contributed by atoms with Crippen LogP contribution in [-0.2, 0) is 4.79 Å². The molecule has 3 rings (SSSR count). The lowest BCUT2D eigenvalue weighted by molar-refractivity contribution is -0.133. The molecular formula is C25H33N3O3. The molecule has 0 spiro atoms. The number of carbonyl (C=O) groups is 2. The smallest absolute Gasteiger partial charge is 0.255 e. The predicted octanol–water partition coefficient (Wildman–Crippen LogP) is 3.90. The quantitative estimate of drug-likeness (QED) is 0.665. The van der Waals surface area contributed by atoms with Gasteiger partial charge in [-0.1, -0.05) is 37.3 Å². The van der Waals surface area contributed by atoms with E-state index < -0.39 is 0 Å². The third kappa shape index (κ3) is 7.10. The van der Waals surface area contributed by atoms with Gasteiger partial charge >= 0.3 is 0 Å². The third-order valence-corrected chi connectivity index (χ3v) is 5.75. The van der Waals surface area contributed by atoms with E-state index >= 15 is 0 Å². The van der Waals surface area contributed by atoms with E-state index in [0.29, 0.717) is 35.9 Å². The predicted molar refractivity (Wildman–Crippen MR) is 123 cm³/mol. The minimum Gasteiger partial charge on any atom is -0.491 e. The van der Waals surface area contributed by atoms with Crippen molar-refractivity contribution >= 4 is 17.5 Å². The Balaban J connectivity index is 1.42. The van der Waals surface area contributed by atoms with E-state index in [2.05, 4.69) is 24.2 Å². The molecule has 0 bridgehead atoms. The highest BCUT2D eigenvalue weighted by Crippen LogP contribution is 2.25. The van der Waals surface area contributed by atoms with Crippen molar-refractivity contribution in [1.82, 2.24) is 9.80 Å². The van der Waals surface area contributed by atoms with Gasteiger partial charge in [0, 0.05) is 38.2 Å². The highest BCUT2D eigenvalue weighted by molar-refractivity contribution is 6.04. The van der Waals surface area contributed by atoms with Crippen LogP contribution in [0.5, 0.6) is 5.75 Å². The van der Waals surface area contributed by atoms with Crippen LogP contribution < -0.4 is 10.1 Å². The first-order valence-electron chi connectivity index (χ1n) is 11.1. The lowest BCUT2D eigenvalue weighted by Gasteiger charge is -2.32. The van der Waals surface area contributed by atoms with Crippen LogP contribution in [0.15, 0.2) is 54.6 Å². The fraction of sp³-hybridized carbons (Fsp3) is 0.440. The van der Waals surface area contributed by atoms with Gasteiger partial charge < -0.3 is 19.9 Å². The number of para-hydroxylation sites is 2. The Morgan fingerprint density at radius 3 is 2.39 bits per heavy atom. The Bertz CT molecular complexity index is 848. The highest BCUT2D eigenvalue weighted by atomic mass is 16.5. The van der Waals surface area contributed by atoms with Crippen LogP contribution in [-0.4, -0.2) is 61.4 Å². The standard InChI is InChI=1S/C25H33N3O3/c1-20(12-13-24(29)28-17-15-27(2)16-18-28)14-19-31-23-11-7-6-10-22(23)26-25(30)21-8-4-3-5-9-21/h3-11,20H,12-19H2,1-2H3,(H,26,30). The van der Waals surface area contributed by atoms with E-state index in [9.17, 15) is 9.59 Å². The molecule has 0 saturated carbocycles. The molecule has 1 fully saturated rings. The maximum atomic E-state index is 12.4. The molecule has 31 heavy (non-hydrogen) atoms. The lowest BCUT2D eigenvalue weighted by atomic mass is 10.0. The number of anilines is 1. The molecule has 1 aliphatic heterocycles. The fourth-order valence-corrected chi connectivity index (χ4v) is 3.58. The van der Waals surface area contributed by atoms with Gasteiger partial charge in [0.1, 0.15) is 5.75 Å². The van der Waals surface area contributed by atoms with Gasteiger partial charge in [-0.05, 0) is 50.1 Å². The lowest BCUT2D eigenvalue weighted by Crippen LogP contribution is -2.47. The summed E-state index contributed by atoms with van der Waals surface area (Å²) in [4.78, 5) is 29.1. The Hall–Kier alpha value is -2.86. The molecule has 1 saturated heterocycles. The van der Waals surface area contributed by atoms with Gasteiger partial charge in [0.05, 0.1) is 12.3 Å². The molecule has 0 radical (unpaired) electrons. The van der Waals surface area contributed by atoms with Crippen LogP contribution in [0.1, 0.15) is 36.5 Å². The Morgan fingerprint density at radius 1 is 0.968 bits per heavy atom. The number of piperazine rings is 1. The van der Waals surface area contributed by atoms with Crippen molar-refractivity contribution in [2.24, 2.45) is 5.92 Å². The normalized spacial score (nSPS) is 15.4. The van der Waals surface area contributed by atoms with Crippen molar-refractivity contribution in [3.05, 3.63) is 60.2 Å². The van der Waals surface area contributed by atoms with Gasteiger partial charge in [-0.25, -0.2) is 0 Å². The van der Waals surface area contributed by atoms with Gasteiger partial charge in [0.2, 0.25) is 5.91 Å². The molecule has 1 unspecified atom stereocenters. The number of amides is 2. The number of nitrogens with one attached hydrogen (secondary N) is 1. The van der Waals surface area contributed by atoms with Crippen LogP contribution in [0, 0.1) is 5.92 Å². The molecule has 0 aliphatic carbocycles. The van der Waals surface area contributed by atoms with E-state index in [0.717, 1.165) is 39.0 Å². The zero-order valence-electron chi connectivity index (χ0n) is 18.5. The SMILES string of the molecule is CC(CCOc1ccccc1NC(=O)c1ccccc1)CCC(=O)N1CCN(C)CC1. The second-order valence-corrected chi connectivity index (χ2v) is 8.28. The first kappa shape index (κ1) is 22.8. The summed E-state index contributed by atoms with van der Waals surface area (Å²) in [7, 11) is 2.09. The number of hydrogen-bond acceptors (Lipinski definition) is 4. The van der Waals surface area contributed by atoms with E-state index in [4.69, 9.17) is 4.74 Å². The van der Waals surface area contributed by atoms with E-state index in [-0.39, 0.29) is 11.8 Å². The Labute approximate surface area is 185 Å². The van der Waals surface area contributed by atoms with Gasteiger partial charge in [0.15, 0.2) is 0 Å². The summed E-state index contributed by atoms with van der Waals surface area (Å²) < 4.78 is 5.96. The molecule has 2 amide bonds. The van der Waals surface area contributed by atoms with Crippen molar-refractivity contribution in [1.29, 1.82) is 0 Å². The Kier molecular flexibility index (Phi) is 8.47. The molecule has 1 aliphatic rings. The van der Waals surface area contributed by atoms with Crippen LogP contribution in [0.2, 0.25) is 0 Å². The van der Waals surface area contributed by atoms with Crippen LogP contribution >= 0.6 is 0 Å². The number of benzene rings is 2. The second-order valence-electron chi connectivity index (χ2n) is 8.28. The topological polar surface area (TPSA) is 61.9 Å². The average molecular weight is 424 g/mol. The zero-order valence-corrected chi connectivity index (χ0v) is 18.5. The van der Waals surface area contributed by atoms with E-state index in [1.54, 1.807) is 12.1 Å². The van der Waals surface area contributed by atoms with Gasteiger partial charge in [-0.3, -0.25) is 9.59 Å². The van der Waals surface area contributed by atoms with Crippen LogP contribution in [0.3, 0.4) is 0 Å². The monoisotopic (exact) mass is 423 g/mol. The second kappa shape index (κ2) is 11.5. The number of carbonyl (C=O) groups excluding carboxylic acids is 2. The number of hydrogen-bond donors (Lipinski definition) is 1. The molecule has 6 nitrogen and oxygen atoms in total. The summed E-state index contributed by atoms with van der Waals surface area (Å²) in [5.74, 6) is 1.15. The highest BCUT2D eigenvalue weighted by Gasteiger charge is 2.19. The third-order valence-electron chi connectivity index (χ3n) is 5.75. The maximum absolute atomic E-state index is 12.4. The summed E-state index contributed by atoms with van der Waals surface area (Å²) in [6, 6.07) is 16.6. The van der Waals surface area contributed by atoms with Crippen LogP contribution in [0.25, 0.3) is 0 Å². The molecule has 0 aromatic heterocycles. The Morgan fingerprint density at radius 2 is 1.65 bits per heavy atom. The molecule has 2 aromatic carbocycles. The maximum Gasteiger partial charge on any atom is 0.255 e. The minimum absolute atomic E-state index is 0.160. The summed E-state index contributed by atoms with van der Waals surface area (Å²) in [6.07, 6.45) is 2.31. The fourth-order valence-electron chi connectivity index (χ4n) is 3.58. The molecule has 2 aromatic rings. The number of likely N-dealkylation sites (N-methyl/N-ethyl adjacent to an activating group) is 1. The molecule has 1 heterocycles. The first-order chi connectivity index (χ1) is 15.0. The van der Waals surface area contributed by atoms with Crippen molar-refractivity contribution in [2.45, 2.75) is 26.2 Å². The molecule has 166 valence electrons. The molecule has 1 N–H and O–H groups in total.